The van der Waals surface area contributed by atoms with Crippen molar-refractivity contribution in [2.75, 3.05) is 6.54 Å². The van der Waals surface area contributed by atoms with Crippen molar-refractivity contribution in [1.82, 2.24) is 5.32 Å². The van der Waals surface area contributed by atoms with Gasteiger partial charge in [-0.15, -0.1) is 0 Å². The lowest BCUT2D eigenvalue weighted by molar-refractivity contribution is 0.452. The molecule has 0 spiro atoms. The van der Waals surface area contributed by atoms with E-state index in [1.807, 2.05) is 12.1 Å². The highest BCUT2D eigenvalue weighted by molar-refractivity contribution is 9.10. The van der Waals surface area contributed by atoms with Gasteiger partial charge in [-0.1, -0.05) is 35.0 Å². The van der Waals surface area contributed by atoms with Crippen molar-refractivity contribution in [2.24, 2.45) is 0 Å². The van der Waals surface area contributed by atoms with Crippen molar-refractivity contribution >= 4 is 15.9 Å². The second-order valence-corrected chi connectivity index (χ2v) is 4.87. The Labute approximate surface area is 110 Å². The summed E-state index contributed by atoms with van der Waals surface area (Å²) in [6.45, 7) is 5.10. The lowest BCUT2D eigenvalue weighted by Gasteiger charge is -2.17. The van der Waals surface area contributed by atoms with Gasteiger partial charge in [-0.25, -0.2) is 0 Å². The zero-order chi connectivity index (χ0) is 12.3. The molecule has 2 nitrogen and oxygen atoms in total. The van der Waals surface area contributed by atoms with Gasteiger partial charge >= 0.3 is 0 Å². The first-order chi connectivity index (χ1) is 8.22. The van der Waals surface area contributed by atoms with E-state index in [1.54, 1.807) is 6.26 Å². The monoisotopic (exact) mass is 293 g/mol. The van der Waals surface area contributed by atoms with Crippen LogP contribution in [-0.2, 0) is 0 Å². The Balaban J connectivity index is 2.35. The molecule has 2 rings (SSSR count). The average molecular weight is 294 g/mol. The largest absolute Gasteiger partial charge is 0.467 e. The summed E-state index contributed by atoms with van der Waals surface area (Å²) in [6.07, 6.45) is 1.71. The van der Waals surface area contributed by atoms with Crippen LogP contribution in [-0.4, -0.2) is 6.54 Å². The molecule has 1 aromatic heterocycles. The number of hydrogen-bond acceptors (Lipinski definition) is 2. The third-order valence-electron chi connectivity index (χ3n) is 2.75. The minimum Gasteiger partial charge on any atom is -0.467 e. The maximum atomic E-state index is 5.50. The first-order valence-corrected chi connectivity index (χ1v) is 6.54. The lowest BCUT2D eigenvalue weighted by atomic mass is 10.0. The predicted octanol–water partition coefficient (Wildman–Crippen LogP) is 4.05. The Bertz CT molecular complexity index is 479. The van der Waals surface area contributed by atoms with Gasteiger partial charge in [0.15, 0.2) is 0 Å². The van der Waals surface area contributed by atoms with Crippen molar-refractivity contribution < 1.29 is 4.42 Å². The van der Waals surface area contributed by atoms with Crippen molar-refractivity contribution in [1.29, 1.82) is 0 Å². The molecule has 0 radical (unpaired) electrons. The number of hydrogen-bond donors (Lipinski definition) is 1. The fraction of sp³-hybridized carbons (Fsp3) is 0.286. The smallest absolute Gasteiger partial charge is 0.125 e. The highest BCUT2D eigenvalue weighted by atomic mass is 79.9. The fourth-order valence-corrected chi connectivity index (χ4v) is 2.14. The molecule has 0 saturated heterocycles. The predicted molar refractivity (Wildman–Crippen MR) is 73.1 cm³/mol. The number of halogens is 1. The Morgan fingerprint density at radius 1 is 1.35 bits per heavy atom. The van der Waals surface area contributed by atoms with E-state index < -0.39 is 0 Å². The van der Waals surface area contributed by atoms with E-state index in [2.05, 4.69) is 53.3 Å². The molecule has 3 heteroatoms. The molecule has 1 heterocycles. The van der Waals surface area contributed by atoms with Crippen LogP contribution in [0.25, 0.3) is 0 Å². The molecule has 0 amide bonds. The molecule has 1 aromatic carbocycles. The van der Waals surface area contributed by atoms with Gasteiger partial charge in [-0.2, -0.15) is 0 Å². The van der Waals surface area contributed by atoms with Gasteiger partial charge in [0.05, 0.1) is 12.3 Å². The maximum absolute atomic E-state index is 5.50. The van der Waals surface area contributed by atoms with Crippen molar-refractivity contribution in [2.45, 2.75) is 19.9 Å². The van der Waals surface area contributed by atoms with Crippen molar-refractivity contribution in [3.8, 4) is 0 Å². The Kier molecular flexibility index (Phi) is 4.02. The quantitative estimate of drug-likeness (QED) is 0.920. The molecule has 1 N–H and O–H groups in total. The van der Waals surface area contributed by atoms with E-state index in [-0.39, 0.29) is 6.04 Å². The van der Waals surface area contributed by atoms with E-state index in [4.69, 9.17) is 4.42 Å². The molecule has 0 aliphatic carbocycles. The molecule has 0 aliphatic heterocycles. The first kappa shape index (κ1) is 12.4. The van der Waals surface area contributed by atoms with Crippen LogP contribution in [0.5, 0.6) is 0 Å². The molecule has 1 atom stereocenters. The van der Waals surface area contributed by atoms with Gasteiger partial charge in [0.2, 0.25) is 0 Å². The van der Waals surface area contributed by atoms with Crippen molar-refractivity contribution in [3.63, 3.8) is 0 Å². The van der Waals surface area contributed by atoms with Crippen LogP contribution in [0.2, 0.25) is 0 Å². The second-order valence-electron chi connectivity index (χ2n) is 4.01. The van der Waals surface area contributed by atoms with Crippen LogP contribution in [0.1, 0.15) is 29.9 Å². The van der Waals surface area contributed by atoms with Crippen LogP contribution in [0.3, 0.4) is 0 Å². The molecule has 1 unspecified atom stereocenters. The summed E-state index contributed by atoms with van der Waals surface area (Å²) in [7, 11) is 0. The topological polar surface area (TPSA) is 25.2 Å². The van der Waals surface area contributed by atoms with E-state index in [0.29, 0.717) is 0 Å². The highest BCUT2D eigenvalue weighted by Crippen LogP contribution is 2.26. The molecule has 2 aromatic rings. The first-order valence-electron chi connectivity index (χ1n) is 5.75. The van der Waals surface area contributed by atoms with Crippen molar-refractivity contribution in [3.05, 3.63) is 58.0 Å². The number of furan rings is 1. The number of nitrogens with one attached hydrogen (secondary N) is 1. The van der Waals surface area contributed by atoms with Crippen LogP contribution in [0, 0.1) is 6.92 Å². The van der Waals surface area contributed by atoms with Gasteiger partial charge in [0.1, 0.15) is 5.76 Å². The minimum absolute atomic E-state index is 0.127. The molecular weight excluding hydrogens is 278 g/mol. The van der Waals surface area contributed by atoms with Gasteiger partial charge in [-0.05, 0) is 42.8 Å². The summed E-state index contributed by atoms with van der Waals surface area (Å²) in [6, 6.07) is 10.4. The molecule has 0 aliphatic rings. The summed E-state index contributed by atoms with van der Waals surface area (Å²) in [5.74, 6) is 0.952. The zero-order valence-electron chi connectivity index (χ0n) is 10.0. The second kappa shape index (κ2) is 5.52. The Morgan fingerprint density at radius 2 is 2.18 bits per heavy atom. The lowest BCUT2D eigenvalue weighted by Crippen LogP contribution is -2.21. The number of aryl methyl sites for hydroxylation is 1. The Morgan fingerprint density at radius 3 is 2.76 bits per heavy atom. The van der Waals surface area contributed by atoms with Gasteiger partial charge in [0.25, 0.3) is 0 Å². The van der Waals surface area contributed by atoms with E-state index in [9.17, 15) is 0 Å². The summed E-state index contributed by atoms with van der Waals surface area (Å²) in [5, 5.41) is 3.44. The van der Waals surface area contributed by atoms with Crippen LogP contribution in [0.15, 0.2) is 45.5 Å². The van der Waals surface area contributed by atoms with E-state index >= 15 is 0 Å². The molecular formula is C14H16BrNO. The standard InChI is InChI=1S/C14H16BrNO/c1-3-16-14(13-5-4-8-17-13)11-6-7-12(15)10(2)9-11/h4-9,14,16H,3H2,1-2H3. The summed E-state index contributed by atoms with van der Waals surface area (Å²) >= 11 is 3.52. The molecule has 0 fully saturated rings. The fourth-order valence-electron chi connectivity index (χ4n) is 1.89. The molecule has 0 saturated carbocycles. The van der Waals surface area contributed by atoms with Gasteiger partial charge in [-0.3, -0.25) is 0 Å². The minimum atomic E-state index is 0.127. The highest BCUT2D eigenvalue weighted by Gasteiger charge is 2.15. The number of benzene rings is 1. The normalized spacial score (nSPS) is 12.6. The molecule has 0 bridgehead atoms. The van der Waals surface area contributed by atoms with Crippen LogP contribution in [0.4, 0.5) is 0 Å². The van der Waals surface area contributed by atoms with Gasteiger partial charge in [0, 0.05) is 4.47 Å². The third kappa shape index (κ3) is 2.79. The van der Waals surface area contributed by atoms with E-state index in [0.717, 1.165) is 16.8 Å². The maximum Gasteiger partial charge on any atom is 0.125 e. The SMILES string of the molecule is CCNC(c1ccc(Br)c(C)c1)c1ccco1. The molecule has 17 heavy (non-hydrogen) atoms. The van der Waals surface area contributed by atoms with Crippen LogP contribution < -0.4 is 5.32 Å². The summed E-state index contributed by atoms with van der Waals surface area (Å²) in [5.41, 5.74) is 2.46. The molecule has 90 valence electrons. The van der Waals surface area contributed by atoms with Crippen LogP contribution >= 0.6 is 15.9 Å². The number of rotatable bonds is 4. The van der Waals surface area contributed by atoms with Gasteiger partial charge < -0.3 is 9.73 Å². The average Bonchev–Trinajstić information content (AvgIpc) is 2.83. The van der Waals surface area contributed by atoms with E-state index in [1.165, 1.54) is 11.1 Å². The Hall–Kier alpha value is -1.06. The zero-order valence-corrected chi connectivity index (χ0v) is 11.6. The summed E-state index contributed by atoms with van der Waals surface area (Å²) in [4.78, 5) is 0. The third-order valence-corrected chi connectivity index (χ3v) is 3.64. The summed E-state index contributed by atoms with van der Waals surface area (Å²) < 4.78 is 6.63.